The Hall–Kier alpha value is -3.14. The monoisotopic (exact) mass is 372 g/mol. The molecule has 0 fully saturated rings. The number of rotatable bonds is 5. The minimum Gasteiger partial charge on any atom is -0.348 e. The summed E-state index contributed by atoms with van der Waals surface area (Å²) in [6.07, 6.45) is 2.65. The molecule has 142 valence electrons. The van der Waals surface area contributed by atoms with E-state index in [9.17, 15) is 9.59 Å². The van der Waals surface area contributed by atoms with Gasteiger partial charge in [-0.3, -0.25) is 9.59 Å². The molecule has 4 heteroatoms. The molecule has 1 aromatic heterocycles. The molecular formula is C24H24N2O2. The molecule has 4 nitrogen and oxygen atoms in total. The van der Waals surface area contributed by atoms with Gasteiger partial charge in [0.15, 0.2) is 0 Å². The van der Waals surface area contributed by atoms with Crippen molar-refractivity contribution < 1.29 is 4.79 Å². The molecule has 0 aliphatic carbocycles. The van der Waals surface area contributed by atoms with E-state index >= 15 is 0 Å². The number of hydrogen-bond acceptors (Lipinski definition) is 2. The average molecular weight is 372 g/mol. The molecule has 0 spiro atoms. The second kappa shape index (κ2) is 7.85. The van der Waals surface area contributed by atoms with E-state index in [0.29, 0.717) is 18.7 Å². The van der Waals surface area contributed by atoms with Crippen LogP contribution >= 0.6 is 0 Å². The number of fused-ring (bicyclic) bond motifs is 1. The van der Waals surface area contributed by atoms with Gasteiger partial charge < -0.3 is 9.88 Å². The highest BCUT2D eigenvalue weighted by atomic mass is 16.2. The number of aromatic nitrogens is 1. The number of benzene rings is 2. The maximum atomic E-state index is 13.2. The lowest BCUT2D eigenvalue weighted by Crippen LogP contribution is -2.29. The number of pyridine rings is 1. The Morgan fingerprint density at radius 1 is 1.04 bits per heavy atom. The molecule has 0 saturated carbocycles. The zero-order valence-electron chi connectivity index (χ0n) is 16.1. The first kappa shape index (κ1) is 18.2. The van der Waals surface area contributed by atoms with E-state index in [2.05, 4.69) is 36.5 Å². The van der Waals surface area contributed by atoms with Crippen LogP contribution < -0.4 is 10.9 Å². The summed E-state index contributed by atoms with van der Waals surface area (Å²) in [5.41, 5.74) is 5.42. The van der Waals surface area contributed by atoms with Gasteiger partial charge in [-0.15, -0.1) is 0 Å². The standard InChI is InChI=1S/C24H24N2O2/c1-2-17-10-12-18(13-11-17)16-25-24(28)23-20(19-7-4-3-5-8-19)15-22(27)26-14-6-9-21(23)26/h3-5,7-8,10-13,15H,2,6,9,14,16H2,1H3,(H,25,28). The van der Waals surface area contributed by atoms with Crippen molar-refractivity contribution in [2.24, 2.45) is 0 Å². The first-order valence-corrected chi connectivity index (χ1v) is 9.85. The molecule has 4 rings (SSSR count). The van der Waals surface area contributed by atoms with Crippen molar-refractivity contribution in [3.8, 4) is 11.1 Å². The van der Waals surface area contributed by atoms with E-state index in [1.165, 1.54) is 5.56 Å². The second-order valence-corrected chi connectivity index (χ2v) is 7.19. The van der Waals surface area contributed by atoms with E-state index in [0.717, 1.165) is 41.6 Å². The third-order valence-corrected chi connectivity index (χ3v) is 5.41. The summed E-state index contributed by atoms with van der Waals surface area (Å²) >= 11 is 0. The predicted molar refractivity (Wildman–Crippen MR) is 111 cm³/mol. The molecule has 1 amide bonds. The van der Waals surface area contributed by atoms with Crippen LogP contribution in [0.5, 0.6) is 0 Å². The molecule has 0 saturated heterocycles. The Labute approximate surface area is 164 Å². The van der Waals surface area contributed by atoms with E-state index in [1.54, 1.807) is 10.6 Å². The van der Waals surface area contributed by atoms with Crippen LogP contribution in [0.2, 0.25) is 0 Å². The highest BCUT2D eigenvalue weighted by molar-refractivity contribution is 6.02. The van der Waals surface area contributed by atoms with Gasteiger partial charge in [-0.2, -0.15) is 0 Å². The van der Waals surface area contributed by atoms with Gasteiger partial charge in [0.1, 0.15) is 0 Å². The quantitative estimate of drug-likeness (QED) is 0.737. The van der Waals surface area contributed by atoms with Gasteiger partial charge in [0.05, 0.1) is 5.56 Å². The van der Waals surface area contributed by atoms with Crippen molar-refractivity contribution in [3.05, 3.63) is 93.4 Å². The van der Waals surface area contributed by atoms with Crippen LogP contribution in [0.25, 0.3) is 11.1 Å². The molecule has 2 heterocycles. The molecule has 1 aliphatic rings. The van der Waals surface area contributed by atoms with E-state index in [-0.39, 0.29) is 11.5 Å². The molecule has 0 radical (unpaired) electrons. The highest BCUT2D eigenvalue weighted by Crippen LogP contribution is 2.28. The van der Waals surface area contributed by atoms with E-state index < -0.39 is 0 Å². The zero-order valence-corrected chi connectivity index (χ0v) is 16.1. The van der Waals surface area contributed by atoms with Crippen LogP contribution in [0, 0.1) is 0 Å². The summed E-state index contributed by atoms with van der Waals surface area (Å²) in [6, 6.07) is 19.6. The van der Waals surface area contributed by atoms with Crippen molar-refractivity contribution in [2.45, 2.75) is 39.3 Å². The minimum absolute atomic E-state index is 0.0296. The largest absolute Gasteiger partial charge is 0.348 e. The summed E-state index contributed by atoms with van der Waals surface area (Å²) in [6.45, 7) is 3.28. The van der Waals surface area contributed by atoms with Crippen molar-refractivity contribution in [2.75, 3.05) is 0 Å². The lowest BCUT2D eigenvalue weighted by atomic mass is 9.97. The number of carbonyl (C=O) groups excluding carboxylic acids is 1. The van der Waals surface area contributed by atoms with Gasteiger partial charge in [-0.1, -0.05) is 61.5 Å². The molecule has 1 N–H and O–H groups in total. The Morgan fingerprint density at radius 3 is 2.46 bits per heavy atom. The Kier molecular flexibility index (Phi) is 5.11. The molecule has 2 aromatic carbocycles. The van der Waals surface area contributed by atoms with Crippen LogP contribution in [0.4, 0.5) is 0 Å². The van der Waals surface area contributed by atoms with Gasteiger partial charge >= 0.3 is 0 Å². The maximum absolute atomic E-state index is 13.2. The third-order valence-electron chi connectivity index (χ3n) is 5.41. The first-order chi connectivity index (χ1) is 13.7. The molecule has 0 unspecified atom stereocenters. The highest BCUT2D eigenvalue weighted by Gasteiger charge is 2.24. The van der Waals surface area contributed by atoms with E-state index in [1.807, 2.05) is 30.3 Å². The molecular weight excluding hydrogens is 348 g/mol. The summed E-state index contributed by atoms with van der Waals surface area (Å²) < 4.78 is 1.75. The molecule has 0 bridgehead atoms. The smallest absolute Gasteiger partial charge is 0.253 e. The van der Waals surface area contributed by atoms with Crippen molar-refractivity contribution in [1.82, 2.24) is 9.88 Å². The normalized spacial score (nSPS) is 12.6. The fourth-order valence-electron chi connectivity index (χ4n) is 3.87. The Bertz CT molecular complexity index is 1050. The Balaban J connectivity index is 1.68. The fraction of sp³-hybridized carbons (Fsp3) is 0.250. The van der Waals surface area contributed by atoms with Crippen molar-refractivity contribution in [3.63, 3.8) is 0 Å². The Morgan fingerprint density at radius 2 is 1.75 bits per heavy atom. The van der Waals surface area contributed by atoms with Crippen molar-refractivity contribution in [1.29, 1.82) is 0 Å². The predicted octanol–water partition coefficient (Wildman–Crippen LogP) is 3.95. The second-order valence-electron chi connectivity index (χ2n) is 7.19. The van der Waals surface area contributed by atoms with Gasteiger partial charge in [0.2, 0.25) is 0 Å². The van der Waals surface area contributed by atoms with Gasteiger partial charge in [-0.05, 0) is 36.0 Å². The maximum Gasteiger partial charge on any atom is 0.253 e. The third kappa shape index (κ3) is 3.50. The summed E-state index contributed by atoms with van der Waals surface area (Å²) in [7, 11) is 0. The minimum atomic E-state index is -0.121. The zero-order chi connectivity index (χ0) is 19.5. The molecule has 28 heavy (non-hydrogen) atoms. The number of nitrogens with zero attached hydrogens (tertiary/aromatic N) is 1. The lowest BCUT2D eigenvalue weighted by molar-refractivity contribution is 0.0950. The van der Waals surface area contributed by atoms with Crippen LogP contribution in [-0.2, 0) is 25.9 Å². The summed E-state index contributed by atoms with van der Waals surface area (Å²) in [5.74, 6) is -0.121. The first-order valence-electron chi connectivity index (χ1n) is 9.85. The SMILES string of the molecule is CCc1ccc(CNC(=O)c2c(-c3ccccc3)cc(=O)n3c2CCC3)cc1. The topological polar surface area (TPSA) is 51.1 Å². The van der Waals surface area contributed by atoms with Crippen LogP contribution in [-0.4, -0.2) is 10.5 Å². The molecule has 3 aromatic rings. The van der Waals surface area contributed by atoms with Crippen LogP contribution in [0.15, 0.2) is 65.5 Å². The van der Waals surface area contributed by atoms with Gasteiger partial charge in [-0.25, -0.2) is 0 Å². The number of amides is 1. The number of carbonyl (C=O) groups is 1. The summed E-state index contributed by atoms with van der Waals surface area (Å²) in [5, 5.41) is 3.06. The molecule has 0 atom stereocenters. The lowest BCUT2D eigenvalue weighted by Gasteiger charge is -2.16. The summed E-state index contributed by atoms with van der Waals surface area (Å²) in [4.78, 5) is 25.7. The van der Waals surface area contributed by atoms with Gasteiger partial charge in [0.25, 0.3) is 11.5 Å². The van der Waals surface area contributed by atoms with Crippen molar-refractivity contribution >= 4 is 5.91 Å². The molecule has 1 aliphatic heterocycles. The number of nitrogens with one attached hydrogen (secondary N) is 1. The fourth-order valence-corrected chi connectivity index (χ4v) is 3.87. The van der Waals surface area contributed by atoms with Gasteiger partial charge in [0, 0.05) is 30.4 Å². The number of aryl methyl sites for hydroxylation is 1. The van der Waals surface area contributed by atoms with Crippen LogP contribution in [0.1, 0.15) is 40.5 Å². The average Bonchev–Trinajstić information content (AvgIpc) is 3.23. The van der Waals surface area contributed by atoms with Crippen LogP contribution in [0.3, 0.4) is 0 Å². The number of hydrogen-bond donors (Lipinski definition) is 1. The van der Waals surface area contributed by atoms with E-state index in [4.69, 9.17) is 0 Å².